The molecule has 0 unspecified atom stereocenters. The van der Waals surface area contributed by atoms with Gasteiger partial charge in [0, 0.05) is 6.07 Å². The molecule has 5 heteroatoms. The molecule has 0 spiro atoms. The summed E-state index contributed by atoms with van der Waals surface area (Å²) in [5, 5.41) is 0.878. The Bertz CT molecular complexity index is 953. The van der Waals surface area contributed by atoms with Crippen molar-refractivity contribution in [3.05, 3.63) is 87.9 Å². The summed E-state index contributed by atoms with van der Waals surface area (Å²) in [6.45, 7) is 0.459. The summed E-state index contributed by atoms with van der Waals surface area (Å²) < 4.78 is 5.89. The normalized spacial score (nSPS) is 13.0. The van der Waals surface area contributed by atoms with Crippen LogP contribution in [0.2, 0.25) is 10.0 Å². The highest BCUT2D eigenvalue weighted by Crippen LogP contribution is 2.43. The van der Waals surface area contributed by atoms with Gasteiger partial charge in [-0.25, -0.2) is 0 Å². The topological polar surface area (TPSA) is 29.5 Å². The molecule has 26 heavy (non-hydrogen) atoms. The minimum absolute atomic E-state index is 0.0600. The minimum Gasteiger partial charge on any atom is -0.489 e. The molecule has 0 aliphatic carbocycles. The number of hydrogen-bond donors (Lipinski definition) is 0. The highest BCUT2D eigenvalue weighted by atomic mass is 35.5. The number of rotatable bonds is 4. The lowest BCUT2D eigenvalue weighted by molar-refractivity contribution is -0.116. The first-order valence-corrected chi connectivity index (χ1v) is 8.96. The lowest BCUT2D eigenvalue weighted by atomic mass is 10.1. The molecule has 3 nitrogen and oxygen atoms in total. The average Bonchev–Trinajstić information content (AvgIpc) is 2.96. The predicted octanol–water partition coefficient (Wildman–Crippen LogP) is 5.79. The lowest BCUT2D eigenvalue weighted by Gasteiger charge is -2.21. The number of fused-ring (bicyclic) bond motifs is 1. The fourth-order valence-corrected chi connectivity index (χ4v) is 3.62. The second-order valence-electron chi connectivity index (χ2n) is 6.04. The maximum atomic E-state index is 12.6. The molecule has 0 aromatic heterocycles. The Kier molecular flexibility index (Phi) is 4.58. The monoisotopic (exact) mass is 383 g/mol. The Morgan fingerprint density at radius 1 is 0.923 bits per heavy atom. The van der Waals surface area contributed by atoms with E-state index in [4.69, 9.17) is 27.9 Å². The van der Waals surface area contributed by atoms with Gasteiger partial charge in [0.15, 0.2) is 0 Å². The molecule has 1 aliphatic heterocycles. The van der Waals surface area contributed by atoms with Crippen LogP contribution >= 0.6 is 23.2 Å². The van der Waals surface area contributed by atoms with E-state index in [1.807, 2.05) is 48.5 Å². The molecule has 0 fully saturated rings. The third-order valence-corrected chi connectivity index (χ3v) is 4.91. The third-order valence-electron chi connectivity index (χ3n) is 4.30. The van der Waals surface area contributed by atoms with Gasteiger partial charge in [0.2, 0.25) is 5.91 Å². The molecule has 0 saturated heterocycles. The Balaban J connectivity index is 1.66. The van der Waals surface area contributed by atoms with Crippen LogP contribution in [0.25, 0.3) is 0 Å². The van der Waals surface area contributed by atoms with Crippen molar-refractivity contribution in [1.82, 2.24) is 0 Å². The van der Waals surface area contributed by atoms with E-state index >= 15 is 0 Å². The maximum absolute atomic E-state index is 12.6. The van der Waals surface area contributed by atoms with Gasteiger partial charge in [-0.2, -0.15) is 0 Å². The van der Waals surface area contributed by atoms with E-state index in [-0.39, 0.29) is 5.91 Å². The average molecular weight is 384 g/mol. The molecule has 1 heterocycles. The number of halogens is 2. The molecular formula is C21H15Cl2NO2. The number of nitrogens with zero attached hydrogens (tertiary/aromatic N) is 1. The van der Waals surface area contributed by atoms with Crippen LogP contribution in [-0.4, -0.2) is 5.91 Å². The van der Waals surface area contributed by atoms with Crippen LogP contribution in [0, 0.1) is 0 Å². The Morgan fingerprint density at radius 3 is 2.38 bits per heavy atom. The first kappa shape index (κ1) is 17.0. The molecule has 0 atom stereocenters. The first-order valence-electron chi connectivity index (χ1n) is 8.20. The Hall–Kier alpha value is -2.49. The molecule has 1 amide bonds. The number of para-hydroxylation sites is 1. The summed E-state index contributed by atoms with van der Waals surface area (Å²) in [5.41, 5.74) is 3.28. The van der Waals surface area contributed by atoms with Crippen molar-refractivity contribution in [1.29, 1.82) is 0 Å². The van der Waals surface area contributed by atoms with E-state index in [0.717, 1.165) is 16.8 Å². The van der Waals surface area contributed by atoms with Crippen molar-refractivity contribution >= 4 is 40.5 Å². The van der Waals surface area contributed by atoms with Crippen molar-refractivity contribution in [2.45, 2.75) is 13.0 Å². The molecular weight excluding hydrogens is 369 g/mol. The number of anilines is 2. The van der Waals surface area contributed by atoms with Crippen LogP contribution in [0.4, 0.5) is 11.4 Å². The zero-order valence-corrected chi connectivity index (χ0v) is 15.3. The molecule has 3 aromatic rings. The molecule has 0 bridgehead atoms. The zero-order valence-electron chi connectivity index (χ0n) is 13.8. The van der Waals surface area contributed by atoms with Gasteiger partial charge in [-0.15, -0.1) is 0 Å². The number of carbonyl (C=O) groups excluding carboxylic acids is 1. The van der Waals surface area contributed by atoms with Gasteiger partial charge in [0.1, 0.15) is 12.4 Å². The number of hydrogen-bond acceptors (Lipinski definition) is 2. The summed E-state index contributed by atoms with van der Waals surface area (Å²) in [7, 11) is 0. The van der Waals surface area contributed by atoms with Crippen molar-refractivity contribution in [3.63, 3.8) is 0 Å². The minimum atomic E-state index is -0.0600. The van der Waals surface area contributed by atoms with Crippen LogP contribution in [0.15, 0.2) is 66.7 Å². The maximum Gasteiger partial charge on any atom is 0.236 e. The van der Waals surface area contributed by atoms with Gasteiger partial charge < -0.3 is 4.74 Å². The van der Waals surface area contributed by atoms with E-state index in [1.54, 1.807) is 23.1 Å². The summed E-state index contributed by atoms with van der Waals surface area (Å²) in [6, 6.07) is 20.8. The molecule has 1 aliphatic rings. The lowest BCUT2D eigenvalue weighted by Crippen LogP contribution is -2.21. The fraction of sp³-hybridized carbons (Fsp3) is 0.0952. The van der Waals surface area contributed by atoms with Crippen LogP contribution in [0.1, 0.15) is 11.1 Å². The smallest absolute Gasteiger partial charge is 0.236 e. The second-order valence-corrected chi connectivity index (χ2v) is 6.86. The molecule has 130 valence electrons. The fourth-order valence-electron chi connectivity index (χ4n) is 3.06. The van der Waals surface area contributed by atoms with Crippen LogP contribution in [0.5, 0.6) is 5.75 Å². The second kappa shape index (κ2) is 7.02. The third kappa shape index (κ3) is 3.16. The number of benzene rings is 3. The summed E-state index contributed by atoms with van der Waals surface area (Å²) in [4.78, 5) is 14.2. The summed E-state index contributed by atoms with van der Waals surface area (Å²) in [6.07, 6.45) is 0.315. The van der Waals surface area contributed by atoms with Gasteiger partial charge in [-0.05, 0) is 29.3 Å². The Morgan fingerprint density at radius 2 is 1.65 bits per heavy atom. The quantitative estimate of drug-likeness (QED) is 0.570. The van der Waals surface area contributed by atoms with Crippen LogP contribution in [0.3, 0.4) is 0 Å². The van der Waals surface area contributed by atoms with Gasteiger partial charge in [-0.3, -0.25) is 9.69 Å². The first-order chi connectivity index (χ1) is 12.6. The van der Waals surface area contributed by atoms with Crippen molar-refractivity contribution in [3.8, 4) is 5.75 Å². The van der Waals surface area contributed by atoms with Crippen molar-refractivity contribution < 1.29 is 9.53 Å². The van der Waals surface area contributed by atoms with E-state index in [1.165, 1.54) is 0 Å². The van der Waals surface area contributed by atoms with E-state index in [2.05, 4.69) is 0 Å². The van der Waals surface area contributed by atoms with Crippen molar-refractivity contribution in [2.24, 2.45) is 0 Å². The number of ether oxygens (including phenoxy) is 1. The summed E-state index contributed by atoms with van der Waals surface area (Å²) in [5.74, 6) is 0.630. The van der Waals surface area contributed by atoms with Gasteiger partial charge >= 0.3 is 0 Å². The van der Waals surface area contributed by atoms with Gasteiger partial charge in [0.25, 0.3) is 0 Å². The highest BCUT2D eigenvalue weighted by molar-refractivity contribution is 6.40. The van der Waals surface area contributed by atoms with Crippen molar-refractivity contribution in [2.75, 3.05) is 4.90 Å². The number of carbonyl (C=O) groups is 1. The predicted molar refractivity (Wildman–Crippen MR) is 105 cm³/mol. The van der Waals surface area contributed by atoms with E-state index < -0.39 is 0 Å². The van der Waals surface area contributed by atoms with Crippen LogP contribution in [-0.2, 0) is 17.8 Å². The van der Waals surface area contributed by atoms with E-state index in [9.17, 15) is 4.79 Å². The largest absolute Gasteiger partial charge is 0.489 e. The molecule has 3 aromatic carbocycles. The molecule has 0 radical (unpaired) electrons. The molecule has 4 rings (SSSR count). The Labute approximate surface area is 161 Å². The molecule has 0 saturated carbocycles. The standard InChI is InChI=1S/C21H15Cl2NO2/c22-17-7-4-8-18(23)21(17)24-19-12-16(10-9-15(19)11-20(24)25)26-13-14-5-2-1-3-6-14/h1-10,12H,11,13H2. The van der Waals surface area contributed by atoms with Gasteiger partial charge in [-0.1, -0.05) is 65.7 Å². The van der Waals surface area contributed by atoms with E-state index in [0.29, 0.717) is 34.5 Å². The van der Waals surface area contributed by atoms with Gasteiger partial charge in [0.05, 0.1) is 27.8 Å². The SMILES string of the molecule is O=C1Cc2ccc(OCc3ccccc3)cc2N1c1c(Cl)cccc1Cl. The highest BCUT2D eigenvalue weighted by Gasteiger charge is 2.31. The summed E-state index contributed by atoms with van der Waals surface area (Å²) >= 11 is 12.6. The zero-order chi connectivity index (χ0) is 18.1. The van der Waals surface area contributed by atoms with Crippen LogP contribution < -0.4 is 9.64 Å². The number of amides is 1. The molecule has 0 N–H and O–H groups in total.